The standard InChI is InChI=1S/C33H48O/c1-9-33(17-11-10-12-18-33)27(6)21-31(30-15-13-23(2)14-16-30)20-24(3)19-25(4)32-28(7)26(5)22-34-29(32)8/h13-15,19,21,27,30H,4,9-12,16-18,20,22H2,1-3,5-8H3/b24-19-,31-21+. The third kappa shape index (κ3) is 6.15. The molecular formula is C33H48O. The van der Waals surface area contributed by atoms with Crippen molar-refractivity contribution in [1.29, 1.82) is 0 Å². The molecule has 0 radical (unpaired) electrons. The maximum Gasteiger partial charge on any atom is 0.109 e. The van der Waals surface area contributed by atoms with E-state index in [1.807, 2.05) is 0 Å². The topological polar surface area (TPSA) is 9.23 Å². The van der Waals surface area contributed by atoms with E-state index in [1.165, 1.54) is 66.4 Å². The Bertz CT molecular complexity index is 953. The summed E-state index contributed by atoms with van der Waals surface area (Å²) in [5.41, 5.74) is 9.72. The van der Waals surface area contributed by atoms with Crippen molar-refractivity contribution in [2.45, 2.75) is 99.8 Å². The third-order valence-corrected chi connectivity index (χ3v) is 8.84. The van der Waals surface area contributed by atoms with Gasteiger partial charge in [-0.3, -0.25) is 0 Å². The van der Waals surface area contributed by atoms with Gasteiger partial charge >= 0.3 is 0 Å². The summed E-state index contributed by atoms with van der Waals surface area (Å²) in [4.78, 5) is 0. The summed E-state index contributed by atoms with van der Waals surface area (Å²) >= 11 is 0. The van der Waals surface area contributed by atoms with E-state index in [0.717, 1.165) is 24.2 Å². The molecule has 1 nitrogen and oxygen atoms in total. The van der Waals surface area contributed by atoms with Gasteiger partial charge in [0.05, 0.1) is 0 Å². The molecule has 3 rings (SSSR count). The Labute approximate surface area is 210 Å². The van der Waals surface area contributed by atoms with Gasteiger partial charge in [0.25, 0.3) is 0 Å². The van der Waals surface area contributed by atoms with Crippen molar-refractivity contribution in [3.63, 3.8) is 0 Å². The number of ether oxygens (including phenoxy) is 1. The van der Waals surface area contributed by atoms with Gasteiger partial charge in [-0.25, -0.2) is 0 Å². The van der Waals surface area contributed by atoms with Gasteiger partial charge < -0.3 is 4.74 Å². The Morgan fingerprint density at radius 3 is 2.50 bits per heavy atom. The number of allylic oxidation sites excluding steroid dienone is 12. The second-order valence-electron chi connectivity index (χ2n) is 11.3. The highest BCUT2D eigenvalue weighted by atomic mass is 16.5. The van der Waals surface area contributed by atoms with Crippen LogP contribution in [0, 0.1) is 17.3 Å². The van der Waals surface area contributed by atoms with E-state index in [2.05, 4.69) is 85.4 Å². The largest absolute Gasteiger partial charge is 0.493 e. The fourth-order valence-corrected chi connectivity index (χ4v) is 6.28. The summed E-state index contributed by atoms with van der Waals surface area (Å²) in [6, 6.07) is 0. The lowest BCUT2D eigenvalue weighted by molar-refractivity contribution is 0.127. The van der Waals surface area contributed by atoms with E-state index in [9.17, 15) is 0 Å². The average Bonchev–Trinajstić information content (AvgIpc) is 2.82. The normalized spacial score (nSPS) is 24.7. The Morgan fingerprint density at radius 2 is 1.88 bits per heavy atom. The molecule has 2 unspecified atom stereocenters. The van der Waals surface area contributed by atoms with Crippen LogP contribution in [0.25, 0.3) is 0 Å². The molecule has 2 aliphatic carbocycles. The van der Waals surface area contributed by atoms with Crippen LogP contribution in [-0.2, 0) is 4.74 Å². The van der Waals surface area contributed by atoms with Gasteiger partial charge in [0.15, 0.2) is 0 Å². The third-order valence-electron chi connectivity index (χ3n) is 8.84. The van der Waals surface area contributed by atoms with Gasteiger partial charge in [0.1, 0.15) is 12.4 Å². The number of rotatable bonds is 8. The van der Waals surface area contributed by atoms with Crippen LogP contribution >= 0.6 is 0 Å². The van der Waals surface area contributed by atoms with E-state index in [0.29, 0.717) is 23.9 Å². The van der Waals surface area contributed by atoms with Crippen LogP contribution in [-0.4, -0.2) is 6.61 Å². The van der Waals surface area contributed by atoms with Gasteiger partial charge in [-0.15, -0.1) is 0 Å². The minimum absolute atomic E-state index is 0.482. The maximum atomic E-state index is 5.91. The van der Waals surface area contributed by atoms with Gasteiger partial charge in [-0.1, -0.05) is 86.8 Å². The van der Waals surface area contributed by atoms with E-state index in [4.69, 9.17) is 4.74 Å². The summed E-state index contributed by atoms with van der Waals surface area (Å²) < 4.78 is 5.91. The first-order valence-corrected chi connectivity index (χ1v) is 13.6. The predicted octanol–water partition coefficient (Wildman–Crippen LogP) is 9.96. The summed E-state index contributed by atoms with van der Waals surface area (Å²) in [5, 5.41) is 0. The molecule has 0 aromatic rings. The first-order chi connectivity index (χ1) is 16.2. The van der Waals surface area contributed by atoms with Gasteiger partial charge in [0.2, 0.25) is 0 Å². The van der Waals surface area contributed by atoms with Crippen molar-refractivity contribution in [3.05, 3.63) is 81.7 Å². The highest BCUT2D eigenvalue weighted by molar-refractivity contribution is 5.54. The van der Waals surface area contributed by atoms with Gasteiger partial charge in [-0.2, -0.15) is 0 Å². The lowest BCUT2D eigenvalue weighted by atomic mass is 9.64. The van der Waals surface area contributed by atoms with Crippen LogP contribution in [0.2, 0.25) is 0 Å². The Balaban J connectivity index is 1.87. The second-order valence-corrected chi connectivity index (χ2v) is 11.3. The zero-order valence-electron chi connectivity index (χ0n) is 23.0. The molecule has 1 heteroatoms. The smallest absolute Gasteiger partial charge is 0.109 e. The minimum Gasteiger partial charge on any atom is -0.493 e. The molecule has 1 fully saturated rings. The number of hydrogen-bond acceptors (Lipinski definition) is 1. The molecule has 186 valence electrons. The minimum atomic E-state index is 0.482. The molecule has 1 saturated carbocycles. The lowest BCUT2D eigenvalue weighted by Gasteiger charge is -2.41. The maximum absolute atomic E-state index is 5.91. The van der Waals surface area contributed by atoms with Crippen molar-refractivity contribution >= 4 is 0 Å². The monoisotopic (exact) mass is 460 g/mol. The van der Waals surface area contributed by atoms with Crippen molar-refractivity contribution in [3.8, 4) is 0 Å². The van der Waals surface area contributed by atoms with Crippen LogP contribution in [0.15, 0.2) is 81.7 Å². The van der Waals surface area contributed by atoms with Crippen molar-refractivity contribution in [2.75, 3.05) is 6.61 Å². The zero-order valence-corrected chi connectivity index (χ0v) is 23.0. The number of hydrogen-bond donors (Lipinski definition) is 0. The molecule has 0 aromatic carbocycles. The van der Waals surface area contributed by atoms with Crippen molar-refractivity contribution < 1.29 is 4.74 Å². The lowest BCUT2D eigenvalue weighted by Crippen LogP contribution is -2.30. The SMILES string of the molecule is C=C(/C=C(/C)C/C(=C\C(C)C1(CC)CCCCC1)C1C=CC(C)=CC1)C1=C(C)OCC(C)=C1C. The molecule has 1 aliphatic heterocycles. The van der Waals surface area contributed by atoms with Crippen LogP contribution in [0.5, 0.6) is 0 Å². The average molecular weight is 461 g/mol. The Kier molecular flexibility index (Phi) is 9.07. The van der Waals surface area contributed by atoms with Crippen LogP contribution < -0.4 is 0 Å². The Morgan fingerprint density at radius 1 is 1.18 bits per heavy atom. The molecule has 2 atom stereocenters. The first-order valence-electron chi connectivity index (χ1n) is 13.6. The second kappa shape index (κ2) is 11.6. The molecule has 0 spiro atoms. The first kappa shape index (κ1) is 26.6. The molecule has 0 amide bonds. The van der Waals surface area contributed by atoms with Crippen molar-refractivity contribution in [1.82, 2.24) is 0 Å². The molecule has 0 N–H and O–H groups in total. The fraction of sp³-hybridized carbons (Fsp3) is 0.576. The van der Waals surface area contributed by atoms with Crippen LogP contribution in [0.1, 0.15) is 99.8 Å². The molecule has 1 heterocycles. The quantitative estimate of drug-likeness (QED) is 0.258. The summed E-state index contributed by atoms with van der Waals surface area (Å²) in [7, 11) is 0. The highest BCUT2D eigenvalue weighted by Gasteiger charge is 2.35. The predicted molar refractivity (Wildman–Crippen MR) is 149 cm³/mol. The van der Waals surface area contributed by atoms with E-state index < -0.39 is 0 Å². The summed E-state index contributed by atoms with van der Waals surface area (Å²) in [6.07, 6.45) is 22.5. The highest BCUT2D eigenvalue weighted by Crippen LogP contribution is 2.47. The molecular weight excluding hydrogens is 412 g/mol. The Hall–Kier alpha value is -2.02. The van der Waals surface area contributed by atoms with E-state index in [1.54, 1.807) is 5.57 Å². The zero-order chi connectivity index (χ0) is 24.9. The summed E-state index contributed by atoms with van der Waals surface area (Å²) in [5.74, 6) is 2.12. The molecule has 0 aromatic heterocycles. The van der Waals surface area contributed by atoms with Crippen molar-refractivity contribution in [2.24, 2.45) is 17.3 Å². The van der Waals surface area contributed by atoms with E-state index >= 15 is 0 Å². The van der Waals surface area contributed by atoms with Crippen LogP contribution in [0.4, 0.5) is 0 Å². The molecule has 3 aliphatic rings. The fourth-order valence-electron chi connectivity index (χ4n) is 6.28. The summed E-state index contributed by atoms with van der Waals surface area (Å²) in [6.45, 7) is 21.0. The van der Waals surface area contributed by atoms with Gasteiger partial charge in [0, 0.05) is 11.5 Å². The molecule has 0 bridgehead atoms. The van der Waals surface area contributed by atoms with Gasteiger partial charge in [-0.05, 0) is 94.8 Å². The molecule has 34 heavy (non-hydrogen) atoms. The van der Waals surface area contributed by atoms with Crippen LogP contribution in [0.3, 0.4) is 0 Å². The van der Waals surface area contributed by atoms with E-state index in [-0.39, 0.29) is 0 Å². The molecule has 0 saturated heterocycles.